The molecule has 0 amide bonds. The van der Waals surface area contributed by atoms with E-state index in [2.05, 4.69) is 48.6 Å². The fraction of sp³-hybridized carbons (Fsp3) is 0.500. The topological polar surface area (TPSA) is 80.3 Å². The quantitative estimate of drug-likeness (QED) is 0.350. The summed E-state index contributed by atoms with van der Waals surface area (Å²) in [5, 5.41) is 17.8. The summed E-state index contributed by atoms with van der Waals surface area (Å²) in [5.41, 5.74) is 0. The summed E-state index contributed by atoms with van der Waals surface area (Å²) < 4.78 is 0. The summed E-state index contributed by atoms with van der Waals surface area (Å²) in [4.78, 5) is 17.8. The molecule has 0 aromatic heterocycles. The third-order valence-electron chi connectivity index (χ3n) is 2.67. The second-order valence-electron chi connectivity index (χ2n) is 5.18. The Morgan fingerprint density at radius 1 is 0.500 bits per heavy atom. The maximum Gasteiger partial charge on any atom is 0.0383 e. The molecule has 2 aliphatic carbocycles. The molecular formula is C20H30O4Rh2-2. The molecule has 2 radical (unpaired) electrons. The van der Waals surface area contributed by atoms with E-state index >= 15 is 0 Å². The van der Waals surface area contributed by atoms with Gasteiger partial charge >= 0.3 is 0 Å². The average molecular weight is 540 g/mol. The molecule has 0 saturated heterocycles. The van der Waals surface area contributed by atoms with Crippen LogP contribution in [0.3, 0.4) is 0 Å². The Bertz CT molecular complexity index is 328. The zero-order valence-electron chi connectivity index (χ0n) is 15.6. The van der Waals surface area contributed by atoms with Crippen LogP contribution in [0.4, 0.5) is 0 Å². The van der Waals surface area contributed by atoms with E-state index in [1.54, 1.807) is 0 Å². The van der Waals surface area contributed by atoms with E-state index in [1.807, 2.05) is 0 Å². The van der Waals surface area contributed by atoms with Gasteiger partial charge in [0.2, 0.25) is 0 Å². The van der Waals surface area contributed by atoms with Crippen molar-refractivity contribution in [3.8, 4) is 0 Å². The Morgan fingerprint density at radius 2 is 0.577 bits per heavy atom. The molecule has 2 rings (SSSR count). The van der Waals surface area contributed by atoms with Gasteiger partial charge in [-0.1, -0.05) is 48.6 Å². The molecule has 0 spiro atoms. The molecule has 6 heteroatoms. The number of hydrogen-bond donors (Lipinski definition) is 0. The van der Waals surface area contributed by atoms with Crippen LogP contribution in [0.15, 0.2) is 48.6 Å². The molecule has 4 nitrogen and oxygen atoms in total. The van der Waals surface area contributed by atoms with Gasteiger partial charge < -0.3 is 19.8 Å². The van der Waals surface area contributed by atoms with E-state index in [-0.39, 0.29) is 39.0 Å². The van der Waals surface area contributed by atoms with E-state index in [9.17, 15) is 0 Å². The predicted molar refractivity (Wildman–Crippen MR) is 94.9 cm³/mol. The van der Waals surface area contributed by atoms with Crippen LogP contribution < -0.4 is 10.2 Å². The van der Waals surface area contributed by atoms with Gasteiger partial charge in [0.05, 0.1) is 0 Å². The molecule has 0 atom stereocenters. The standard InChI is InChI=1S/2C8H12.2C2H4O2.2Rh/c2*1-2-4-6-8-7-5-3-1;2*1-2(3)4;;/h2*1-2,7-8H,3-6H2;2*1H3,(H,3,4);;/p-2/b2*2-1-,8-7-;;;;. The van der Waals surface area contributed by atoms with Crippen LogP contribution in [0.2, 0.25) is 0 Å². The number of carboxylic acids is 2. The molecular weight excluding hydrogens is 510 g/mol. The first-order chi connectivity index (χ1) is 11.5. The summed E-state index contributed by atoms with van der Waals surface area (Å²) in [7, 11) is 0. The van der Waals surface area contributed by atoms with Crippen molar-refractivity contribution in [3.05, 3.63) is 48.6 Å². The van der Waals surface area contributed by atoms with Crippen LogP contribution in [-0.4, -0.2) is 11.9 Å². The molecule has 0 N–H and O–H groups in total. The van der Waals surface area contributed by atoms with Gasteiger partial charge in [-0.3, -0.25) is 0 Å². The minimum Gasteiger partial charge on any atom is -0.550 e. The maximum absolute atomic E-state index is 8.89. The van der Waals surface area contributed by atoms with Gasteiger partial charge in [-0.15, -0.1) is 0 Å². The van der Waals surface area contributed by atoms with E-state index in [0.29, 0.717) is 0 Å². The van der Waals surface area contributed by atoms with Crippen LogP contribution in [0.1, 0.15) is 65.2 Å². The summed E-state index contributed by atoms with van der Waals surface area (Å²) in [6, 6.07) is 0. The van der Waals surface area contributed by atoms with Crippen molar-refractivity contribution in [2.45, 2.75) is 65.2 Å². The molecule has 2 aliphatic rings. The number of carbonyl (C=O) groups is 2. The number of carbonyl (C=O) groups excluding carboxylic acids is 2. The fourth-order valence-corrected chi connectivity index (χ4v) is 1.71. The maximum atomic E-state index is 8.89. The zero-order valence-corrected chi connectivity index (χ0v) is 18.9. The molecule has 0 aromatic carbocycles. The molecule has 0 saturated carbocycles. The number of hydrogen-bond acceptors (Lipinski definition) is 4. The Kier molecular flexibility index (Phi) is 36.5. The van der Waals surface area contributed by atoms with E-state index < -0.39 is 11.9 Å². The van der Waals surface area contributed by atoms with Gasteiger partial charge in [-0.05, 0) is 65.2 Å². The molecule has 0 bridgehead atoms. The number of rotatable bonds is 0. The average Bonchev–Trinajstić information content (AvgIpc) is 2.35. The summed E-state index contributed by atoms with van der Waals surface area (Å²) in [6.45, 7) is 1.94. The largest absolute Gasteiger partial charge is 0.550 e. The van der Waals surface area contributed by atoms with Crippen LogP contribution in [-0.2, 0) is 48.5 Å². The normalized spacial score (nSPS) is 19.2. The van der Waals surface area contributed by atoms with Gasteiger partial charge in [0.25, 0.3) is 0 Å². The first-order valence-corrected chi connectivity index (χ1v) is 8.42. The summed E-state index contributed by atoms with van der Waals surface area (Å²) in [5.74, 6) is -2.17. The molecule has 0 aliphatic heterocycles. The monoisotopic (exact) mass is 540 g/mol. The summed E-state index contributed by atoms with van der Waals surface area (Å²) >= 11 is 0. The molecule has 0 heterocycles. The van der Waals surface area contributed by atoms with Gasteiger partial charge in [0, 0.05) is 50.9 Å². The van der Waals surface area contributed by atoms with Crippen molar-refractivity contribution >= 4 is 11.9 Å². The van der Waals surface area contributed by atoms with Crippen molar-refractivity contribution in [1.29, 1.82) is 0 Å². The second kappa shape index (κ2) is 28.9. The number of carboxylic acid groups (broad SMARTS) is 2. The minimum atomic E-state index is -1.08. The predicted octanol–water partition coefficient (Wildman–Crippen LogP) is 2.85. The third-order valence-corrected chi connectivity index (χ3v) is 2.67. The van der Waals surface area contributed by atoms with Crippen LogP contribution in [0.25, 0.3) is 0 Å². The van der Waals surface area contributed by atoms with Crippen molar-refractivity contribution in [3.63, 3.8) is 0 Å². The molecule has 0 aromatic rings. The Morgan fingerprint density at radius 3 is 0.654 bits per heavy atom. The second-order valence-corrected chi connectivity index (χ2v) is 5.18. The summed E-state index contributed by atoms with van der Waals surface area (Å²) in [6.07, 6.45) is 28.0. The molecule has 26 heavy (non-hydrogen) atoms. The van der Waals surface area contributed by atoms with Crippen LogP contribution in [0, 0.1) is 0 Å². The van der Waals surface area contributed by atoms with Gasteiger partial charge in [-0.25, -0.2) is 0 Å². The fourth-order valence-electron chi connectivity index (χ4n) is 1.71. The van der Waals surface area contributed by atoms with Crippen molar-refractivity contribution in [2.75, 3.05) is 0 Å². The van der Waals surface area contributed by atoms with Crippen LogP contribution in [0.5, 0.6) is 0 Å². The number of allylic oxidation sites excluding steroid dienone is 8. The Balaban J connectivity index is -0.000000128. The van der Waals surface area contributed by atoms with Crippen LogP contribution >= 0.6 is 0 Å². The Labute approximate surface area is 184 Å². The van der Waals surface area contributed by atoms with Crippen molar-refractivity contribution in [1.82, 2.24) is 0 Å². The smallest absolute Gasteiger partial charge is 0.0383 e. The van der Waals surface area contributed by atoms with E-state index in [4.69, 9.17) is 19.8 Å². The zero-order chi connectivity index (χ0) is 18.5. The first-order valence-electron chi connectivity index (χ1n) is 8.42. The number of aliphatic carboxylic acids is 2. The SMILES string of the molecule is C1=C\CC/C=C\CC/1.C1=C\CC/C=C\CC/1.CC(=O)[O-].CC(=O)[O-].[Rh].[Rh]. The third kappa shape index (κ3) is 49.5. The molecule has 0 fully saturated rings. The van der Waals surface area contributed by atoms with Gasteiger partial charge in [0.15, 0.2) is 0 Å². The first kappa shape index (κ1) is 32.8. The van der Waals surface area contributed by atoms with Crippen molar-refractivity contribution < 1.29 is 58.8 Å². The Hall–Kier alpha value is -0.853. The van der Waals surface area contributed by atoms with E-state index in [1.165, 1.54) is 51.4 Å². The molecule has 154 valence electrons. The van der Waals surface area contributed by atoms with E-state index in [0.717, 1.165) is 13.8 Å². The van der Waals surface area contributed by atoms with Gasteiger partial charge in [0.1, 0.15) is 0 Å². The van der Waals surface area contributed by atoms with Crippen molar-refractivity contribution in [2.24, 2.45) is 0 Å². The van der Waals surface area contributed by atoms with Gasteiger partial charge in [-0.2, -0.15) is 0 Å². The molecule has 0 unspecified atom stereocenters. The minimum absolute atomic E-state index is 0.